The Morgan fingerprint density at radius 3 is 2.48 bits per heavy atom. The van der Waals surface area contributed by atoms with Crippen molar-refractivity contribution in [3.8, 4) is 0 Å². The molecule has 2 aliphatic heterocycles. The highest BCUT2D eigenvalue weighted by molar-refractivity contribution is 5.89. The van der Waals surface area contributed by atoms with Gasteiger partial charge >= 0.3 is 5.97 Å². The van der Waals surface area contributed by atoms with Gasteiger partial charge in [0, 0.05) is 36.6 Å². The molecule has 0 saturated carbocycles. The van der Waals surface area contributed by atoms with Crippen LogP contribution in [0, 0.1) is 0 Å². The number of anilines is 2. The predicted molar refractivity (Wildman–Crippen MR) is 119 cm³/mol. The average molecular weight is 424 g/mol. The fourth-order valence-electron chi connectivity index (χ4n) is 3.80. The lowest BCUT2D eigenvalue weighted by atomic mass is 10.0. The third-order valence-electron chi connectivity index (χ3n) is 5.56. The van der Waals surface area contributed by atoms with Crippen molar-refractivity contribution in [2.24, 2.45) is 0 Å². The number of aromatic carboxylic acids is 1. The smallest absolute Gasteiger partial charge is 0.335 e. The molecule has 0 radical (unpaired) electrons. The molecule has 2 N–H and O–H groups in total. The van der Waals surface area contributed by atoms with Crippen LogP contribution < -0.4 is 5.32 Å². The van der Waals surface area contributed by atoms with E-state index in [0.29, 0.717) is 18.9 Å². The van der Waals surface area contributed by atoms with Gasteiger partial charge in [-0.3, -0.25) is 4.90 Å². The van der Waals surface area contributed by atoms with Gasteiger partial charge in [-0.25, -0.2) is 4.79 Å². The van der Waals surface area contributed by atoms with Crippen LogP contribution in [0.4, 0.5) is 11.4 Å². The summed E-state index contributed by atoms with van der Waals surface area (Å²) in [5.74, 6) is -1.88. The van der Waals surface area contributed by atoms with Crippen molar-refractivity contribution in [2.75, 3.05) is 51.4 Å². The minimum absolute atomic E-state index is 0.204. The Bertz CT molecular complexity index is 929. The fourth-order valence-corrected chi connectivity index (χ4v) is 3.80. The molecule has 31 heavy (non-hydrogen) atoms. The highest BCUT2D eigenvalue weighted by atomic mass is 16.7. The van der Waals surface area contributed by atoms with Crippen LogP contribution >= 0.6 is 0 Å². The number of hydrogen-bond acceptors (Lipinski definition) is 6. The van der Waals surface area contributed by atoms with Gasteiger partial charge in [-0.2, -0.15) is 0 Å². The normalized spacial score (nSPS) is 19.0. The van der Waals surface area contributed by atoms with Crippen molar-refractivity contribution < 1.29 is 24.1 Å². The molecule has 2 heterocycles. The van der Waals surface area contributed by atoms with Gasteiger partial charge in [0.05, 0.1) is 32.0 Å². The first-order chi connectivity index (χ1) is 15.0. The zero-order valence-corrected chi connectivity index (χ0v) is 17.7. The number of benzene rings is 2. The van der Waals surface area contributed by atoms with Crippen molar-refractivity contribution in [1.82, 2.24) is 4.90 Å². The van der Waals surface area contributed by atoms with Crippen LogP contribution in [0.1, 0.15) is 28.4 Å². The molecule has 0 atom stereocenters. The lowest BCUT2D eigenvalue weighted by molar-refractivity contribution is -0.149. The van der Waals surface area contributed by atoms with Gasteiger partial charge in [-0.05, 0) is 36.8 Å². The summed E-state index contributed by atoms with van der Waals surface area (Å²) in [4.78, 5) is 13.8. The van der Waals surface area contributed by atoms with E-state index in [4.69, 9.17) is 14.2 Å². The first kappa shape index (κ1) is 21.5. The van der Waals surface area contributed by atoms with E-state index in [9.17, 15) is 9.90 Å². The van der Waals surface area contributed by atoms with Crippen LogP contribution in [0.25, 0.3) is 6.08 Å². The zero-order valence-electron chi connectivity index (χ0n) is 17.7. The molecule has 0 spiro atoms. The average Bonchev–Trinajstić information content (AvgIpc) is 3.23. The fraction of sp³-hybridized carbons (Fsp3) is 0.375. The minimum Gasteiger partial charge on any atom is -0.478 e. The summed E-state index contributed by atoms with van der Waals surface area (Å²) in [5, 5.41) is 12.7. The largest absolute Gasteiger partial charge is 0.478 e. The maximum atomic E-state index is 11.5. The van der Waals surface area contributed by atoms with Crippen molar-refractivity contribution in [3.63, 3.8) is 0 Å². The Morgan fingerprint density at radius 2 is 1.81 bits per heavy atom. The van der Waals surface area contributed by atoms with Crippen LogP contribution in [0.5, 0.6) is 0 Å². The van der Waals surface area contributed by atoms with Crippen molar-refractivity contribution >= 4 is 23.4 Å². The molecule has 2 fully saturated rings. The van der Waals surface area contributed by atoms with Crippen LogP contribution in [-0.4, -0.2) is 62.0 Å². The Kier molecular flexibility index (Phi) is 6.67. The molecular weight excluding hydrogens is 396 g/mol. The van der Waals surface area contributed by atoms with E-state index in [1.807, 2.05) is 31.2 Å². The summed E-state index contributed by atoms with van der Waals surface area (Å²) < 4.78 is 16.9. The van der Waals surface area contributed by atoms with Gasteiger partial charge in [-0.15, -0.1) is 0 Å². The van der Waals surface area contributed by atoms with Crippen molar-refractivity contribution in [1.29, 1.82) is 0 Å². The van der Waals surface area contributed by atoms with E-state index >= 15 is 0 Å². The van der Waals surface area contributed by atoms with Gasteiger partial charge in [0.1, 0.15) is 0 Å². The first-order valence-electron chi connectivity index (χ1n) is 10.5. The van der Waals surface area contributed by atoms with E-state index in [-0.39, 0.29) is 5.56 Å². The lowest BCUT2D eigenvalue weighted by Crippen LogP contribution is -2.36. The topological polar surface area (TPSA) is 80.3 Å². The SMILES string of the molecule is CC1(c2ccc(C(=O)O)cc2Nc2ccc(/C=C/CN3CCOCC3)cc2)OCCO1. The summed E-state index contributed by atoms with van der Waals surface area (Å²) in [6, 6.07) is 13.0. The Morgan fingerprint density at radius 1 is 1.10 bits per heavy atom. The van der Waals surface area contributed by atoms with Crippen molar-refractivity contribution in [2.45, 2.75) is 12.7 Å². The zero-order chi connectivity index (χ0) is 21.7. The predicted octanol–water partition coefficient (Wildman–Crippen LogP) is 3.69. The molecule has 7 heteroatoms. The molecule has 2 aliphatic rings. The van der Waals surface area contributed by atoms with E-state index in [1.165, 1.54) is 0 Å². The molecule has 0 bridgehead atoms. The van der Waals surface area contributed by atoms with Gasteiger partial charge in [0.25, 0.3) is 0 Å². The molecule has 164 valence electrons. The van der Waals surface area contributed by atoms with E-state index in [2.05, 4.69) is 22.4 Å². The Balaban J connectivity index is 1.48. The Labute approximate surface area is 182 Å². The third kappa shape index (κ3) is 5.32. The summed E-state index contributed by atoms with van der Waals surface area (Å²) >= 11 is 0. The number of morpholine rings is 1. The van der Waals surface area contributed by atoms with Gasteiger partial charge in [0.15, 0.2) is 5.79 Å². The second-order valence-electron chi connectivity index (χ2n) is 7.77. The minimum atomic E-state index is -0.978. The summed E-state index contributed by atoms with van der Waals surface area (Å²) in [7, 11) is 0. The number of hydrogen-bond donors (Lipinski definition) is 2. The summed E-state index contributed by atoms with van der Waals surface area (Å²) in [5.41, 5.74) is 3.59. The number of carbonyl (C=O) groups is 1. The van der Waals surface area contributed by atoms with Crippen LogP contribution in [0.15, 0.2) is 48.5 Å². The van der Waals surface area contributed by atoms with Crippen LogP contribution in [0.2, 0.25) is 0 Å². The number of carboxylic acid groups (broad SMARTS) is 1. The highest BCUT2D eigenvalue weighted by Crippen LogP contribution is 2.37. The van der Waals surface area contributed by atoms with Gasteiger partial charge in [0.2, 0.25) is 0 Å². The molecule has 7 nitrogen and oxygen atoms in total. The number of nitrogens with zero attached hydrogens (tertiary/aromatic N) is 1. The molecule has 2 saturated heterocycles. The molecule has 0 unspecified atom stereocenters. The van der Waals surface area contributed by atoms with E-state index in [0.717, 1.165) is 49.7 Å². The van der Waals surface area contributed by atoms with Crippen LogP contribution in [-0.2, 0) is 20.0 Å². The molecule has 0 aromatic heterocycles. The number of carboxylic acids is 1. The second-order valence-corrected chi connectivity index (χ2v) is 7.77. The molecule has 4 rings (SSSR count). The third-order valence-corrected chi connectivity index (χ3v) is 5.56. The standard InChI is InChI=1S/C24H28N2O5/c1-24(30-15-16-31-24)21-9-6-19(23(27)28)17-22(21)25-20-7-4-18(5-8-20)3-2-10-26-11-13-29-14-12-26/h2-9,17,25H,10-16H2,1H3,(H,27,28)/b3-2+. The highest BCUT2D eigenvalue weighted by Gasteiger charge is 2.35. The maximum absolute atomic E-state index is 11.5. The van der Waals surface area contributed by atoms with Gasteiger partial charge in [-0.1, -0.05) is 30.4 Å². The summed E-state index contributed by atoms with van der Waals surface area (Å²) in [6.45, 7) is 7.30. The monoisotopic (exact) mass is 424 g/mol. The number of nitrogens with one attached hydrogen (secondary N) is 1. The van der Waals surface area contributed by atoms with E-state index < -0.39 is 11.8 Å². The first-order valence-corrected chi connectivity index (χ1v) is 10.5. The molecule has 2 aromatic rings. The Hall–Kier alpha value is -2.71. The molecule has 2 aromatic carbocycles. The molecule has 0 aliphatic carbocycles. The second kappa shape index (κ2) is 9.62. The van der Waals surface area contributed by atoms with Crippen molar-refractivity contribution in [3.05, 3.63) is 65.2 Å². The summed E-state index contributed by atoms with van der Waals surface area (Å²) in [6.07, 6.45) is 4.27. The molecule has 0 amide bonds. The quantitative estimate of drug-likeness (QED) is 0.702. The maximum Gasteiger partial charge on any atom is 0.335 e. The number of rotatable bonds is 7. The molecular formula is C24H28N2O5. The lowest BCUT2D eigenvalue weighted by Gasteiger charge is -2.26. The number of ether oxygens (including phenoxy) is 3. The van der Waals surface area contributed by atoms with E-state index in [1.54, 1.807) is 18.2 Å². The van der Waals surface area contributed by atoms with Crippen LogP contribution in [0.3, 0.4) is 0 Å². The van der Waals surface area contributed by atoms with Gasteiger partial charge < -0.3 is 24.6 Å².